The van der Waals surface area contributed by atoms with E-state index in [2.05, 4.69) is 9.97 Å². The lowest BCUT2D eigenvalue weighted by Gasteiger charge is -2.21. The molecule has 0 aliphatic rings. The maximum Gasteiger partial charge on any atom is 0.223 e. The van der Waals surface area contributed by atoms with Crippen LogP contribution < -0.4 is 16.4 Å². The van der Waals surface area contributed by atoms with Gasteiger partial charge in [0.05, 0.1) is 6.61 Å². The molecule has 0 aromatic carbocycles. The summed E-state index contributed by atoms with van der Waals surface area (Å²) in [6, 6.07) is 1.71. The van der Waals surface area contributed by atoms with Gasteiger partial charge in [-0.05, 0) is 13.8 Å². The van der Waals surface area contributed by atoms with Crippen LogP contribution in [0.25, 0.3) is 0 Å². The molecule has 0 saturated heterocycles. The van der Waals surface area contributed by atoms with E-state index in [4.69, 9.17) is 16.2 Å². The summed E-state index contributed by atoms with van der Waals surface area (Å²) in [4.78, 5) is 10.0. The zero-order chi connectivity index (χ0) is 12.0. The van der Waals surface area contributed by atoms with Crippen LogP contribution in [0.4, 0.5) is 17.6 Å². The Kier molecular flexibility index (Phi) is 4.78. The molecule has 0 amide bonds. The van der Waals surface area contributed by atoms with Crippen LogP contribution in [0.5, 0.6) is 0 Å². The van der Waals surface area contributed by atoms with E-state index in [1.807, 2.05) is 18.7 Å². The molecule has 0 aliphatic heterocycles. The van der Waals surface area contributed by atoms with E-state index >= 15 is 0 Å². The van der Waals surface area contributed by atoms with E-state index in [-0.39, 0.29) is 5.95 Å². The smallest absolute Gasteiger partial charge is 0.223 e. The van der Waals surface area contributed by atoms with Crippen LogP contribution in [-0.2, 0) is 4.74 Å². The minimum atomic E-state index is 0.199. The molecule has 0 unspecified atom stereocenters. The van der Waals surface area contributed by atoms with Gasteiger partial charge in [0.15, 0.2) is 0 Å². The van der Waals surface area contributed by atoms with Gasteiger partial charge >= 0.3 is 0 Å². The number of hydrogen-bond acceptors (Lipinski definition) is 6. The minimum absolute atomic E-state index is 0.199. The van der Waals surface area contributed by atoms with Gasteiger partial charge in [0.1, 0.15) is 11.6 Å². The fraction of sp³-hybridized carbons (Fsp3) is 0.600. The van der Waals surface area contributed by atoms with Crippen LogP contribution in [0.15, 0.2) is 6.07 Å². The average Bonchev–Trinajstić information content (AvgIpc) is 2.23. The number of ether oxygens (including phenoxy) is 1. The molecule has 1 aromatic rings. The zero-order valence-corrected chi connectivity index (χ0v) is 9.81. The molecule has 90 valence electrons. The second-order valence-corrected chi connectivity index (χ2v) is 3.29. The number of anilines is 3. The maximum atomic E-state index is 5.62. The molecule has 1 aromatic heterocycles. The minimum Gasteiger partial charge on any atom is -0.383 e. The lowest BCUT2D eigenvalue weighted by molar-refractivity contribution is 0.154. The van der Waals surface area contributed by atoms with Gasteiger partial charge in [-0.25, -0.2) is 0 Å². The lowest BCUT2D eigenvalue weighted by atomic mass is 10.4. The Hall–Kier alpha value is -1.56. The molecule has 1 rings (SSSR count). The molecule has 0 saturated carbocycles. The normalized spacial score (nSPS) is 10.4. The molecule has 0 fully saturated rings. The predicted octanol–water partition coefficient (Wildman–Crippen LogP) is 0.504. The van der Waals surface area contributed by atoms with Crippen LogP contribution in [0, 0.1) is 0 Å². The van der Waals surface area contributed by atoms with Crippen LogP contribution in [0.3, 0.4) is 0 Å². The molecule has 0 bridgehead atoms. The topological polar surface area (TPSA) is 90.3 Å². The fourth-order valence-electron chi connectivity index (χ4n) is 1.39. The molecule has 16 heavy (non-hydrogen) atoms. The van der Waals surface area contributed by atoms with E-state index in [1.165, 1.54) is 0 Å². The predicted molar refractivity (Wildman–Crippen MR) is 65.2 cm³/mol. The van der Waals surface area contributed by atoms with Crippen molar-refractivity contribution in [2.75, 3.05) is 42.7 Å². The number of nitrogen functional groups attached to an aromatic ring is 2. The Morgan fingerprint density at radius 3 is 2.62 bits per heavy atom. The molecule has 6 nitrogen and oxygen atoms in total. The second kappa shape index (κ2) is 6.12. The largest absolute Gasteiger partial charge is 0.383 e. The van der Waals surface area contributed by atoms with Gasteiger partial charge in [0.2, 0.25) is 5.95 Å². The maximum absolute atomic E-state index is 5.62. The van der Waals surface area contributed by atoms with E-state index in [0.29, 0.717) is 19.0 Å². The molecular formula is C10H19N5O. The van der Waals surface area contributed by atoms with E-state index in [0.717, 1.165) is 18.9 Å². The third-order valence-corrected chi connectivity index (χ3v) is 2.17. The number of rotatable bonds is 6. The third kappa shape index (κ3) is 3.54. The molecule has 6 heteroatoms. The van der Waals surface area contributed by atoms with Crippen LogP contribution in [0.1, 0.15) is 13.8 Å². The van der Waals surface area contributed by atoms with Crippen molar-refractivity contribution in [2.45, 2.75) is 13.8 Å². The van der Waals surface area contributed by atoms with E-state index in [9.17, 15) is 0 Å². The van der Waals surface area contributed by atoms with Gasteiger partial charge in [-0.15, -0.1) is 0 Å². The summed E-state index contributed by atoms with van der Waals surface area (Å²) >= 11 is 0. The average molecular weight is 225 g/mol. The lowest BCUT2D eigenvalue weighted by Crippen LogP contribution is -2.28. The Labute approximate surface area is 95.6 Å². The number of aromatic nitrogens is 2. The van der Waals surface area contributed by atoms with Crippen molar-refractivity contribution in [3.8, 4) is 0 Å². The highest BCUT2D eigenvalue weighted by molar-refractivity contribution is 5.50. The van der Waals surface area contributed by atoms with Gasteiger partial charge in [0.25, 0.3) is 0 Å². The first kappa shape index (κ1) is 12.5. The summed E-state index contributed by atoms with van der Waals surface area (Å²) in [5, 5.41) is 0. The van der Waals surface area contributed by atoms with Crippen LogP contribution >= 0.6 is 0 Å². The highest BCUT2D eigenvalue weighted by Crippen LogP contribution is 2.14. The Balaban J connectivity index is 2.70. The molecule has 0 atom stereocenters. The van der Waals surface area contributed by atoms with Crippen molar-refractivity contribution in [3.63, 3.8) is 0 Å². The molecular weight excluding hydrogens is 206 g/mol. The van der Waals surface area contributed by atoms with E-state index in [1.54, 1.807) is 6.07 Å². The Morgan fingerprint density at radius 1 is 1.31 bits per heavy atom. The number of likely N-dealkylation sites (N-methyl/N-ethyl adjacent to an activating group) is 1. The number of nitrogens with two attached hydrogens (primary N) is 2. The standard InChI is InChI=1S/C10H19N5O/c1-3-15(5-6-16-4-2)9-7-8(11)13-10(12)14-9/h7H,3-6H2,1-2H3,(H4,11,12,13,14). The highest BCUT2D eigenvalue weighted by atomic mass is 16.5. The molecule has 4 N–H and O–H groups in total. The summed E-state index contributed by atoms with van der Waals surface area (Å²) in [6.07, 6.45) is 0. The first-order valence-electron chi connectivity index (χ1n) is 5.40. The first-order valence-corrected chi connectivity index (χ1v) is 5.40. The SMILES string of the molecule is CCOCCN(CC)c1cc(N)nc(N)n1. The Bertz CT molecular complexity index is 311. The quantitative estimate of drug-likeness (QED) is 0.685. The van der Waals surface area contributed by atoms with Crippen molar-refractivity contribution in [1.82, 2.24) is 9.97 Å². The van der Waals surface area contributed by atoms with Gasteiger partial charge in [0, 0.05) is 25.8 Å². The van der Waals surface area contributed by atoms with Gasteiger partial charge in [-0.3, -0.25) is 0 Å². The molecule has 0 radical (unpaired) electrons. The summed E-state index contributed by atoms with van der Waals surface area (Å²) in [5.41, 5.74) is 11.2. The molecule has 0 aliphatic carbocycles. The molecule has 0 spiro atoms. The first-order chi connectivity index (χ1) is 7.67. The summed E-state index contributed by atoms with van der Waals surface area (Å²) in [6.45, 7) is 6.97. The summed E-state index contributed by atoms with van der Waals surface area (Å²) in [5.74, 6) is 1.33. The van der Waals surface area contributed by atoms with Crippen LogP contribution in [0.2, 0.25) is 0 Å². The van der Waals surface area contributed by atoms with Crippen molar-refractivity contribution in [3.05, 3.63) is 6.07 Å². The van der Waals surface area contributed by atoms with E-state index < -0.39 is 0 Å². The van der Waals surface area contributed by atoms with Crippen molar-refractivity contribution in [1.29, 1.82) is 0 Å². The second-order valence-electron chi connectivity index (χ2n) is 3.29. The van der Waals surface area contributed by atoms with Crippen molar-refractivity contribution in [2.24, 2.45) is 0 Å². The van der Waals surface area contributed by atoms with Crippen molar-refractivity contribution >= 4 is 17.6 Å². The summed E-state index contributed by atoms with van der Waals surface area (Å²) in [7, 11) is 0. The Morgan fingerprint density at radius 2 is 2.06 bits per heavy atom. The third-order valence-electron chi connectivity index (χ3n) is 2.17. The zero-order valence-electron chi connectivity index (χ0n) is 9.81. The van der Waals surface area contributed by atoms with Gasteiger partial charge in [-0.2, -0.15) is 9.97 Å². The monoisotopic (exact) mass is 225 g/mol. The number of nitrogens with zero attached hydrogens (tertiary/aromatic N) is 3. The van der Waals surface area contributed by atoms with Gasteiger partial charge < -0.3 is 21.1 Å². The van der Waals surface area contributed by atoms with Crippen LogP contribution in [-0.4, -0.2) is 36.3 Å². The molecule has 1 heterocycles. The highest BCUT2D eigenvalue weighted by Gasteiger charge is 2.07. The fourth-order valence-corrected chi connectivity index (χ4v) is 1.39. The van der Waals surface area contributed by atoms with Crippen molar-refractivity contribution < 1.29 is 4.74 Å². The number of hydrogen-bond donors (Lipinski definition) is 2. The van der Waals surface area contributed by atoms with Gasteiger partial charge in [-0.1, -0.05) is 0 Å². The summed E-state index contributed by atoms with van der Waals surface area (Å²) < 4.78 is 5.30.